The molecule has 0 heterocycles. The molecular weight excluding hydrogens is 300 g/mol. The monoisotopic (exact) mass is 314 g/mol. The van der Waals surface area contributed by atoms with Crippen LogP contribution < -0.4 is 0 Å². The van der Waals surface area contributed by atoms with Crippen LogP contribution in [0.1, 0.15) is 6.92 Å². The smallest absolute Gasteiger partial charge is 0.321 e. The van der Waals surface area contributed by atoms with E-state index in [1.807, 2.05) is 0 Å². The first kappa shape index (κ1) is 16.8. The largest absolute Gasteiger partial charge is 0.480 e. The number of carboxylic acids is 1. The highest BCUT2D eigenvalue weighted by Crippen LogP contribution is 2.27. The molecule has 0 aromatic heterocycles. The highest BCUT2D eigenvalue weighted by atomic mass is 32.2. The van der Waals surface area contributed by atoms with Crippen molar-refractivity contribution < 1.29 is 23.2 Å². The van der Waals surface area contributed by atoms with E-state index in [1.54, 1.807) is 0 Å². The van der Waals surface area contributed by atoms with Crippen LogP contribution in [0.2, 0.25) is 0 Å². The first-order valence-corrected chi connectivity index (χ1v) is 7.26. The van der Waals surface area contributed by atoms with Crippen molar-refractivity contribution in [1.29, 1.82) is 0 Å². The molecule has 0 aliphatic rings. The van der Waals surface area contributed by atoms with Crippen molar-refractivity contribution in [3.63, 3.8) is 0 Å². The molecule has 0 radical (unpaired) electrons. The molecule has 114 valence electrons. The highest BCUT2D eigenvalue weighted by molar-refractivity contribution is 7.89. The van der Waals surface area contributed by atoms with Crippen LogP contribution in [0.5, 0.6) is 0 Å². The van der Waals surface area contributed by atoms with E-state index < -0.39 is 37.5 Å². The number of sulfonamides is 1. The van der Waals surface area contributed by atoms with Crippen LogP contribution in [0.4, 0.5) is 5.69 Å². The zero-order chi connectivity index (χ0) is 16.2. The molecule has 0 fully saturated rings. The third kappa shape index (κ3) is 3.44. The van der Waals surface area contributed by atoms with Gasteiger partial charge in [0.15, 0.2) is 4.90 Å². The maximum Gasteiger partial charge on any atom is 0.321 e. The lowest BCUT2D eigenvalue weighted by molar-refractivity contribution is -0.387. The molecule has 8 nitrogen and oxygen atoms in total. The van der Waals surface area contributed by atoms with Crippen LogP contribution in [0.25, 0.3) is 0 Å². The standard InChI is InChI=1S/C12H14N2O6S/c1-3-8-13(9(2)12(15)16)21(19,20)11-7-5-4-6-10(11)14(17)18/h3-7,9H,1,8H2,2H3,(H,15,16). The fourth-order valence-electron chi connectivity index (χ4n) is 1.67. The summed E-state index contributed by atoms with van der Waals surface area (Å²) in [5.74, 6) is -1.36. The second kappa shape index (κ2) is 6.46. The average Bonchev–Trinajstić information content (AvgIpc) is 2.43. The summed E-state index contributed by atoms with van der Waals surface area (Å²) < 4.78 is 25.7. The Morgan fingerprint density at radius 3 is 2.57 bits per heavy atom. The number of nitro benzene ring substituents is 1. The van der Waals surface area contributed by atoms with Gasteiger partial charge in [-0.2, -0.15) is 4.31 Å². The third-order valence-electron chi connectivity index (χ3n) is 2.75. The molecule has 0 bridgehead atoms. The van der Waals surface area contributed by atoms with Crippen LogP contribution in [0.15, 0.2) is 41.8 Å². The molecule has 1 aromatic rings. The van der Waals surface area contributed by atoms with Gasteiger partial charge in [0.25, 0.3) is 15.7 Å². The lowest BCUT2D eigenvalue weighted by atomic mass is 10.3. The second-order valence-electron chi connectivity index (χ2n) is 4.10. The Hall–Kier alpha value is -2.26. The number of hydrogen-bond acceptors (Lipinski definition) is 5. The summed E-state index contributed by atoms with van der Waals surface area (Å²) in [5.41, 5.74) is -0.607. The van der Waals surface area contributed by atoms with Gasteiger partial charge in [0.2, 0.25) is 0 Å². The number of para-hydroxylation sites is 1. The van der Waals surface area contributed by atoms with Gasteiger partial charge in [0, 0.05) is 12.6 Å². The Bertz CT molecular complexity index is 670. The van der Waals surface area contributed by atoms with Gasteiger partial charge in [-0.15, -0.1) is 6.58 Å². The summed E-state index contributed by atoms with van der Waals surface area (Å²) in [5, 5.41) is 19.9. The number of nitro groups is 1. The maximum absolute atomic E-state index is 12.5. The summed E-state index contributed by atoms with van der Waals surface area (Å²) in [6.45, 7) is 4.28. The number of benzene rings is 1. The van der Waals surface area contributed by atoms with Crippen molar-refractivity contribution in [2.45, 2.75) is 17.9 Å². The SMILES string of the molecule is C=CCN(C(C)C(=O)O)S(=O)(=O)c1ccccc1[N+](=O)[O-]. The summed E-state index contributed by atoms with van der Waals surface area (Å²) in [4.78, 5) is 20.6. The van der Waals surface area contributed by atoms with Gasteiger partial charge in [-0.25, -0.2) is 8.42 Å². The average molecular weight is 314 g/mol. The van der Waals surface area contributed by atoms with Gasteiger partial charge in [-0.3, -0.25) is 14.9 Å². The third-order valence-corrected chi connectivity index (χ3v) is 4.73. The van der Waals surface area contributed by atoms with E-state index in [-0.39, 0.29) is 6.54 Å². The van der Waals surface area contributed by atoms with E-state index in [2.05, 4.69) is 6.58 Å². The van der Waals surface area contributed by atoms with E-state index in [0.717, 1.165) is 12.1 Å². The summed E-state index contributed by atoms with van der Waals surface area (Å²) >= 11 is 0. The normalized spacial score (nSPS) is 12.9. The second-order valence-corrected chi connectivity index (χ2v) is 5.96. The first-order valence-electron chi connectivity index (χ1n) is 5.82. The van der Waals surface area contributed by atoms with Crippen molar-refractivity contribution in [3.05, 3.63) is 47.0 Å². The van der Waals surface area contributed by atoms with Crippen molar-refractivity contribution >= 4 is 21.7 Å². The Balaban J connectivity index is 3.46. The maximum atomic E-state index is 12.5. The fourth-order valence-corrected chi connectivity index (χ4v) is 3.39. The Kier molecular flexibility index (Phi) is 5.17. The number of rotatable bonds is 7. The minimum absolute atomic E-state index is 0.276. The van der Waals surface area contributed by atoms with Gasteiger partial charge in [-0.1, -0.05) is 18.2 Å². The van der Waals surface area contributed by atoms with Crippen molar-refractivity contribution in [1.82, 2.24) is 4.31 Å². The molecule has 0 amide bonds. The molecule has 0 saturated carbocycles. The van der Waals surface area contributed by atoms with E-state index in [1.165, 1.54) is 25.1 Å². The number of hydrogen-bond donors (Lipinski definition) is 1. The summed E-state index contributed by atoms with van der Waals surface area (Å²) in [6.07, 6.45) is 1.21. The quantitative estimate of drug-likeness (QED) is 0.459. The van der Waals surface area contributed by atoms with Crippen LogP contribution in [-0.4, -0.2) is 41.3 Å². The minimum atomic E-state index is -4.34. The van der Waals surface area contributed by atoms with E-state index in [0.29, 0.717) is 4.31 Å². The van der Waals surface area contributed by atoms with Gasteiger partial charge in [0.05, 0.1) is 4.92 Å². The lowest BCUT2D eigenvalue weighted by Crippen LogP contribution is -2.43. The number of carboxylic acid groups (broad SMARTS) is 1. The van der Waals surface area contributed by atoms with E-state index in [4.69, 9.17) is 5.11 Å². The molecule has 0 aliphatic carbocycles. The Labute approximate surface area is 121 Å². The topological polar surface area (TPSA) is 118 Å². The molecule has 21 heavy (non-hydrogen) atoms. The molecular formula is C12H14N2O6S. The first-order chi connectivity index (χ1) is 9.73. The van der Waals surface area contributed by atoms with Crippen LogP contribution >= 0.6 is 0 Å². The number of carbonyl (C=O) groups is 1. The molecule has 1 N–H and O–H groups in total. The number of aliphatic carboxylic acids is 1. The zero-order valence-electron chi connectivity index (χ0n) is 11.2. The van der Waals surface area contributed by atoms with Crippen molar-refractivity contribution in [2.24, 2.45) is 0 Å². The van der Waals surface area contributed by atoms with Crippen LogP contribution in [0.3, 0.4) is 0 Å². The molecule has 1 atom stereocenters. The van der Waals surface area contributed by atoms with Gasteiger partial charge in [0.1, 0.15) is 6.04 Å². The van der Waals surface area contributed by atoms with Crippen molar-refractivity contribution in [3.8, 4) is 0 Å². The van der Waals surface area contributed by atoms with Crippen LogP contribution in [-0.2, 0) is 14.8 Å². The van der Waals surface area contributed by atoms with Gasteiger partial charge in [-0.05, 0) is 13.0 Å². The van der Waals surface area contributed by atoms with E-state index in [9.17, 15) is 23.3 Å². The highest BCUT2D eigenvalue weighted by Gasteiger charge is 2.36. The predicted molar refractivity (Wildman–Crippen MR) is 74.3 cm³/mol. The molecule has 1 aromatic carbocycles. The number of nitrogens with zero attached hydrogens (tertiary/aromatic N) is 2. The molecule has 0 saturated heterocycles. The zero-order valence-corrected chi connectivity index (χ0v) is 12.0. The van der Waals surface area contributed by atoms with Crippen molar-refractivity contribution in [2.75, 3.05) is 6.54 Å². The summed E-state index contributed by atoms with van der Waals surface area (Å²) in [6, 6.07) is 3.39. The van der Waals surface area contributed by atoms with Crippen LogP contribution in [0, 0.1) is 10.1 Å². The Morgan fingerprint density at radius 1 is 1.52 bits per heavy atom. The molecule has 1 unspecified atom stereocenters. The Morgan fingerprint density at radius 2 is 2.10 bits per heavy atom. The summed E-state index contributed by atoms with van der Waals surface area (Å²) in [7, 11) is -4.34. The lowest BCUT2D eigenvalue weighted by Gasteiger charge is -2.24. The van der Waals surface area contributed by atoms with E-state index >= 15 is 0 Å². The fraction of sp³-hybridized carbons (Fsp3) is 0.250. The molecule has 9 heteroatoms. The molecule has 0 aliphatic heterocycles. The van der Waals surface area contributed by atoms with Gasteiger partial charge < -0.3 is 5.11 Å². The van der Waals surface area contributed by atoms with Gasteiger partial charge >= 0.3 is 5.97 Å². The predicted octanol–water partition coefficient (Wildman–Crippen LogP) is 1.24. The molecule has 0 spiro atoms. The minimum Gasteiger partial charge on any atom is -0.480 e. The molecule has 1 rings (SSSR count).